The van der Waals surface area contributed by atoms with Crippen molar-refractivity contribution in [2.24, 2.45) is 0 Å². The van der Waals surface area contributed by atoms with Crippen LogP contribution in [0.1, 0.15) is 23.7 Å². The molecule has 2 aromatic carbocycles. The number of methoxy groups -OCH3 is 1. The van der Waals surface area contributed by atoms with E-state index < -0.39 is 28.3 Å². The highest BCUT2D eigenvalue weighted by molar-refractivity contribution is 7.89. The predicted molar refractivity (Wildman–Crippen MR) is 101 cm³/mol. The van der Waals surface area contributed by atoms with Crippen LogP contribution in [0.5, 0.6) is 5.75 Å². The summed E-state index contributed by atoms with van der Waals surface area (Å²) in [6.45, 7) is 5.57. The molecule has 3 rings (SSSR count). The summed E-state index contributed by atoms with van der Waals surface area (Å²) in [6.07, 6.45) is 0.276. The zero-order chi connectivity index (χ0) is 19.6. The van der Waals surface area contributed by atoms with Crippen molar-refractivity contribution in [3.05, 3.63) is 72.3 Å². The van der Waals surface area contributed by atoms with Gasteiger partial charge in [0, 0.05) is 6.42 Å². The molecule has 2 aromatic rings. The molecule has 27 heavy (non-hydrogen) atoms. The first-order valence-electron chi connectivity index (χ1n) is 8.45. The van der Waals surface area contributed by atoms with Crippen molar-refractivity contribution in [3.63, 3.8) is 0 Å². The predicted octanol–water partition coefficient (Wildman–Crippen LogP) is 3.83. The number of benzene rings is 2. The number of rotatable bonds is 5. The van der Waals surface area contributed by atoms with E-state index >= 15 is 0 Å². The van der Waals surface area contributed by atoms with Crippen molar-refractivity contribution in [1.29, 1.82) is 0 Å². The van der Waals surface area contributed by atoms with Gasteiger partial charge in [0.2, 0.25) is 0 Å². The van der Waals surface area contributed by atoms with Crippen LogP contribution in [0.25, 0.3) is 0 Å². The number of aryl methyl sites for hydroxylation is 1. The fraction of sp³-hybridized carbons (Fsp3) is 0.250. The summed E-state index contributed by atoms with van der Waals surface area (Å²) in [7, 11) is -2.47. The second kappa shape index (κ2) is 7.44. The SMILES string of the molecule is C=C[C@H]1C[C@@H](c2ccc(OC)cc2)OC(=O)N1S(=O)(=O)c1ccc(C)cc1. The normalized spacial score (nSPS) is 20.1. The molecular formula is C20H21NO5S. The molecular weight excluding hydrogens is 366 g/mol. The Hall–Kier alpha value is -2.80. The molecule has 0 spiro atoms. The Balaban J connectivity index is 1.89. The van der Waals surface area contributed by atoms with E-state index in [0.29, 0.717) is 5.75 Å². The zero-order valence-corrected chi connectivity index (χ0v) is 16.0. The highest BCUT2D eigenvalue weighted by Crippen LogP contribution is 2.35. The fourth-order valence-corrected chi connectivity index (χ4v) is 4.46. The number of carbonyl (C=O) groups excluding carboxylic acids is 1. The van der Waals surface area contributed by atoms with Crippen molar-refractivity contribution in [3.8, 4) is 5.75 Å². The summed E-state index contributed by atoms with van der Waals surface area (Å²) in [5.74, 6) is 0.685. The van der Waals surface area contributed by atoms with Gasteiger partial charge < -0.3 is 9.47 Å². The molecule has 0 radical (unpaired) electrons. The maximum absolute atomic E-state index is 13.0. The molecule has 1 fully saturated rings. The first kappa shape index (κ1) is 19.0. The summed E-state index contributed by atoms with van der Waals surface area (Å²) in [5.41, 5.74) is 1.69. The number of nitrogens with zero attached hydrogens (tertiary/aromatic N) is 1. The minimum Gasteiger partial charge on any atom is -0.497 e. The van der Waals surface area contributed by atoms with Gasteiger partial charge in [-0.15, -0.1) is 6.58 Å². The quantitative estimate of drug-likeness (QED) is 0.729. The summed E-state index contributed by atoms with van der Waals surface area (Å²) in [4.78, 5) is 12.7. The molecule has 1 aliphatic heterocycles. The van der Waals surface area contributed by atoms with Gasteiger partial charge in [-0.25, -0.2) is 13.2 Å². The van der Waals surface area contributed by atoms with Crippen molar-refractivity contribution < 1.29 is 22.7 Å². The largest absolute Gasteiger partial charge is 0.497 e. The van der Waals surface area contributed by atoms with Crippen molar-refractivity contribution in [1.82, 2.24) is 4.31 Å². The second-order valence-electron chi connectivity index (χ2n) is 6.30. The fourth-order valence-electron chi connectivity index (χ4n) is 2.99. The number of hydrogen-bond acceptors (Lipinski definition) is 5. The summed E-state index contributed by atoms with van der Waals surface area (Å²) in [5, 5.41) is 0. The van der Waals surface area contributed by atoms with Crippen LogP contribution >= 0.6 is 0 Å². The highest BCUT2D eigenvalue weighted by Gasteiger charge is 2.42. The molecule has 6 nitrogen and oxygen atoms in total. The molecule has 2 atom stereocenters. The van der Waals surface area contributed by atoms with Crippen molar-refractivity contribution in [2.75, 3.05) is 7.11 Å². The van der Waals surface area contributed by atoms with E-state index in [2.05, 4.69) is 6.58 Å². The van der Waals surface area contributed by atoms with Gasteiger partial charge in [0.1, 0.15) is 11.9 Å². The average Bonchev–Trinajstić information content (AvgIpc) is 2.67. The molecule has 1 aliphatic rings. The first-order valence-corrected chi connectivity index (χ1v) is 9.89. The van der Waals surface area contributed by atoms with Gasteiger partial charge in [0.25, 0.3) is 10.0 Å². The topological polar surface area (TPSA) is 72.9 Å². The van der Waals surface area contributed by atoms with E-state index in [4.69, 9.17) is 9.47 Å². The van der Waals surface area contributed by atoms with Gasteiger partial charge >= 0.3 is 6.09 Å². The summed E-state index contributed by atoms with van der Waals surface area (Å²) in [6, 6.07) is 12.7. The minimum atomic E-state index is -4.04. The smallest absolute Gasteiger partial charge is 0.425 e. The molecule has 0 aliphatic carbocycles. The molecule has 0 N–H and O–H groups in total. The summed E-state index contributed by atoms with van der Waals surface area (Å²) >= 11 is 0. The van der Waals surface area contributed by atoms with E-state index in [0.717, 1.165) is 15.4 Å². The monoisotopic (exact) mass is 387 g/mol. The number of ether oxygens (including phenoxy) is 2. The maximum atomic E-state index is 13.0. The van der Waals surface area contributed by atoms with Crippen LogP contribution in [-0.4, -0.2) is 32.0 Å². The highest BCUT2D eigenvalue weighted by atomic mass is 32.2. The van der Waals surface area contributed by atoms with Crippen LogP contribution in [-0.2, 0) is 14.8 Å². The molecule has 1 saturated heterocycles. The first-order chi connectivity index (χ1) is 12.9. The summed E-state index contributed by atoms with van der Waals surface area (Å²) < 4.78 is 37.3. The number of amides is 1. The lowest BCUT2D eigenvalue weighted by Crippen LogP contribution is -2.48. The van der Waals surface area contributed by atoms with Crippen molar-refractivity contribution in [2.45, 2.75) is 30.4 Å². The molecule has 0 unspecified atom stereocenters. The van der Waals surface area contributed by atoms with Crippen LogP contribution in [0, 0.1) is 6.92 Å². The number of hydrogen-bond donors (Lipinski definition) is 0. The average molecular weight is 387 g/mol. The Morgan fingerprint density at radius 1 is 1.15 bits per heavy atom. The van der Waals surface area contributed by atoms with Gasteiger partial charge in [-0.05, 0) is 36.8 Å². The third-order valence-electron chi connectivity index (χ3n) is 4.52. The van der Waals surface area contributed by atoms with Gasteiger partial charge in [0.05, 0.1) is 18.0 Å². The molecule has 1 heterocycles. The number of sulfonamides is 1. The van der Waals surface area contributed by atoms with E-state index in [9.17, 15) is 13.2 Å². The molecule has 7 heteroatoms. The van der Waals surface area contributed by atoms with Crippen molar-refractivity contribution >= 4 is 16.1 Å². The van der Waals surface area contributed by atoms with Gasteiger partial charge in [-0.2, -0.15) is 4.31 Å². The van der Waals surface area contributed by atoms with Gasteiger partial charge in [0.15, 0.2) is 0 Å². The van der Waals surface area contributed by atoms with E-state index in [-0.39, 0.29) is 11.3 Å². The van der Waals surface area contributed by atoms with Crippen LogP contribution in [0.3, 0.4) is 0 Å². The van der Waals surface area contributed by atoms with Crippen LogP contribution < -0.4 is 4.74 Å². The minimum absolute atomic E-state index is 0.0415. The van der Waals surface area contributed by atoms with E-state index in [1.54, 1.807) is 43.5 Å². The zero-order valence-electron chi connectivity index (χ0n) is 15.2. The lowest BCUT2D eigenvalue weighted by Gasteiger charge is -2.36. The lowest BCUT2D eigenvalue weighted by molar-refractivity contribution is 0.0354. The lowest BCUT2D eigenvalue weighted by atomic mass is 10.0. The Kier molecular flexibility index (Phi) is 5.23. The number of cyclic esters (lactones) is 1. The third kappa shape index (κ3) is 3.68. The standard InChI is InChI=1S/C20H21NO5S/c1-4-16-13-19(15-7-9-17(25-3)10-8-15)26-20(22)21(16)27(23,24)18-11-5-14(2)6-12-18/h4-12,16,19H,1,13H2,2-3H3/t16-,19-/m0/s1. The Labute approximate surface area is 159 Å². The molecule has 0 saturated carbocycles. The van der Waals surface area contributed by atoms with E-state index in [1.165, 1.54) is 18.2 Å². The van der Waals surface area contributed by atoms with Crippen LogP contribution in [0.15, 0.2) is 66.1 Å². The van der Waals surface area contributed by atoms with Crippen LogP contribution in [0.2, 0.25) is 0 Å². The Morgan fingerprint density at radius 2 is 1.78 bits per heavy atom. The Bertz CT molecular complexity index is 935. The third-order valence-corrected chi connectivity index (χ3v) is 6.32. The molecule has 0 bridgehead atoms. The van der Waals surface area contributed by atoms with Gasteiger partial charge in [-0.1, -0.05) is 35.9 Å². The molecule has 0 aromatic heterocycles. The second-order valence-corrected chi connectivity index (χ2v) is 8.11. The number of carbonyl (C=O) groups is 1. The molecule has 1 amide bonds. The van der Waals surface area contributed by atoms with E-state index in [1.807, 2.05) is 6.92 Å². The van der Waals surface area contributed by atoms with Gasteiger partial charge in [-0.3, -0.25) is 0 Å². The molecule has 142 valence electrons. The maximum Gasteiger partial charge on any atom is 0.425 e. The van der Waals surface area contributed by atoms with Crippen LogP contribution in [0.4, 0.5) is 4.79 Å². The Morgan fingerprint density at radius 3 is 2.33 bits per heavy atom.